The number of fused-ring (bicyclic) bond motifs is 3. The van der Waals surface area contributed by atoms with E-state index in [4.69, 9.17) is 6.42 Å². The number of hydrogen-bond acceptors (Lipinski definition) is 2. The molecular weight excluding hydrogens is 276 g/mol. The smallest absolute Gasteiger partial charge is 0.308 e. The molecule has 0 bridgehead atoms. The molecule has 1 N–H and O–H groups in total. The van der Waals surface area contributed by atoms with E-state index in [1.165, 1.54) is 0 Å². The number of hydrogen-bond donors (Lipinski definition) is 1. The van der Waals surface area contributed by atoms with E-state index in [1.54, 1.807) is 0 Å². The Morgan fingerprint density at radius 3 is 2.95 bits per heavy atom. The molecule has 0 fully saturated rings. The van der Waals surface area contributed by atoms with Crippen LogP contribution in [0.5, 0.6) is 0 Å². The minimum absolute atomic E-state index is 0.112. The van der Waals surface area contributed by atoms with Crippen molar-refractivity contribution in [1.82, 2.24) is 14.9 Å². The highest BCUT2D eigenvalue weighted by atomic mass is 16.1. The van der Waals surface area contributed by atoms with E-state index in [-0.39, 0.29) is 19.0 Å². The summed E-state index contributed by atoms with van der Waals surface area (Å²) < 4.78 is 3.84. The van der Waals surface area contributed by atoms with Crippen LogP contribution in [0.3, 0.4) is 0 Å². The molecule has 2 aromatic heterocycles. The first-order valence-electron chi connectivity index (χ1n) is 7.09. The molecule has 0 radical (unpaired) electrons. The third kappa shape index (κ3) is 2.29. The fraction of sp³-hybridized carbons (Fsp3) is 0.235. The molecular formula is C17H17N4O+. The van der Waals surface area contributed by atoms with Gasteiger partial charge in [-0.1, -0.05) is 27.7 Å². The lowest BCUT2D eigenvalue weighted by Crippen LogP contribution is -2.43. The van der Waals surface area contributed by atoms with Crippen LogP contribution in [0.15, 0.2) is 30.3 Å². The van der Waals surface area contributed by atoms with Crippen LogP contribution in [0.2, 0.25) is 0 Å². The van der Waals surface area contributed by atoms with E-state index in [0.29, 0.717) is 0 Å². The lowest BCUT2D eigenvalue weighted by Gasteiger charge is -2.01. The summed E-state index contributed by atoms with van der Waals surface area (Å²) in [6.45, 7) is 4.44. The number of aryl methyl sites for hydroxylation is 2. The third-order valence-corrected chi connectivity index (χ3v) is 3.75. The number of para-hydroxylation sites is 2. The average molecular weight is 293 g/mol. The Morgan fingerprint density at radius 1 is 1.41 bits per heavy atom. The Hall–Kier alpha value is -2.87. The second-order valence-corrected chi connectivity index (χ2v) is 5.24. The van der Waals surface area contributed by atoms with Gasteiger partial charge in [0.1, 0.15) is 0 Å². The summed E-state index contributed by atoms with van der Waals surface area (Å²) >= 11 is 0. The van der Waals surface area contributed by atoms with Gasteiger partial charge < -0.3 is 5.32 Å². The molecule has 3 aromatic rings. The van der Waals surface area contributed by atoms with E-state index in [0.717, 1.165) is 27.9 Å². The van der Waals surface area contributed by atoms with Crippen molar-refractivity contribution in [3.63, 3.8) is 0 Å². The lowest BCUT2D eigenvalue weighted by molar-refractivity contribution is -0.632. The summed E-state index contributed by atoms with van der Waals surface area (Å²) in [5.41, 5.74) is 4.90. The van der Waals surface area contributed by atoms with Crippen LogP contribution in [-0.2, 0) is 11.3 Å². The molecule has 0 aliphatic heterocycles. The summed E-state index contributed by atoms with van der Waals surface area (Å²) in [7, 11) is 0. The highest BCUT2D eigenvalue weighted by Crippen LogP contribution is 2.15. The van der Waals surface area contributed by atoms with Gasteiger partial charge in [-0.15, -0.1) is 6.42 Å². The Balaban J connectivity index is 2.20. The number of terminal acetylenes is 1. The highest BCUT2D eigenvalue weighted by molar-refractivity contribution is 5.78. The van der Waals surface area contributed by atoms with Crippen molar-refractivity contribution < 1.29 is 9.36 Å². The van der Waals surface area contributed by atoms with Crippen molar-refractivity contribution in [2.45, 2.75) is 20.4 Å². The van der Waals surface area contributed by atoms with Gasteiger partial charge in [0.2, 0.25) is 5.52 Å². The molecule has 5 nitrogen and oxygen atoms in total. The standard InChI is InChI=1S/C17H16N4O/c1-4-9-18-16(22)11-20-14-7-5-6-8-15(14)21-17(20)10-12(2)13(3)19-21/h1,5-8,10H,9,11H2,2-3H3/p+1. The quantitative estimate of drug-likeness (QED) is 0.581. The largest absolute Gasteiger partial charge is 0.342 e. The van der Waals surface area contributed by atoms with Gasteiger partial charge in [0.15, 0.2) is 12.1 Å². The summed E-state index contributed by atoms with van der Waals surface area (Å²) in [5, 5.41) is 7.33. The zero-order chi connectivity index (χ0) is 15.7. The number of rotatable bonds is 3. The maximum Gasteiger partial charge on any atom is 0.308 e. The first kappa shape index (κ1) is 14.1. The third-order valence-electron chi connectivity index (χ3n) is 3.75. The topological polar surface area (TPSA) is 50.3 Å². The molecule has 110 valence electrons. The van der Waals surface area contributed by atoms with Gasteiger partial charge >= 0.3 is 5.65 Å². The van der Waals surface area contributed by atoms with Gasteiger partial charge in [0, 0.05) is 6.07 Å². The van der Waals surface area contributed by atoms with E-state index >= 15 is 0 Å². The number of carbonyl (C=O) groups is 1. The zero-order valence-corrected chi connectivity index (χ0v) is 12.6. The summed E-state index contributed by atoms with van der Waals surface area (Å²) in [5.74, 6) is 2.30. The molecule has 1 aromatic carbocycles. The maximum atomic E-state index is 12.1. The molecule has 22 heavy (non-hydrogen) atoms. The van der Waals surface area contributed by atoms with E-state index in [2.05, 4.69) is 22.4 Å². The fourth-order valence-electron chi connectivity index (χ4n) is 2.52. The average Bonchev–Trinajstić information content (AvgIpc) is 2.80. The normalized spacial score (nSPS) is 10.8. The van der Waals surface area contributed by atoms with Crippen LogP contribution in [0.1, 0.15) is 11.3 Å². The van der Waals surface area contributed by atoms with Crippen molar-refractivity contribution in [3.8, 4) is 12.3 Å². The Bertz CT molecular complexity index is 918. The van der Waals surface area contributed by atoms with Crippen LogP contribution < -0.4 is 9.88 Å². The molecule has 0 aliphatic rings. The second-order valence-electron chi connectivity index (χ2n) is 5.24. The zero-order valence-electron chi connectivity index (χ0n) is 12.6. The monoisotopic (exact) mass is 293 g/mol. The second kappa shape index (κ2) is 5.49. The van der Waals surface area contributed by atoms with Gasteiger partial charge in [-0.3, -0.25) is 4.79 Å². The molecule has 0 spiro atoms. The molecule has 1 amide bonds. The Kier molecular flexibility index (Phi) is 3.51. The minimum Gasteiger partial charge on any atom is -0.342 e. The molecule has 0 aliphatic carbocycles. The van der Waals surface area contributed by atoms with Gasteiger partial charge in [0.25, 0.3) is 5.91 Å². The van der Waals surface area contributed by atoms with Crippen molar-refractivity contribution in [2.24, 2.45) is 0 Å². The Morgan fingerprint density at radius 2 is 2.18 bits per heavy atom. The van der Waals surface area contributed by atoms with Gasteiger partial charge in [0.05, 0.1) is 12.2 Å². The fourth-order valence-corrected chi connectivity index (χ4v) is 2.52. The van der Waals surface area contributed by atoms with Gasteiger partial charge in [-0.2, -0.15) is 0 Å². The first-order valence-corrected chi connectivity index (χ1v) is 7.09. The summed E-state index contributed by atoms with van der Waals surface area (Å²) in [6, 6.07) is 9.96. The van der Waals surface area contributed by atoms with Crippen molar-refractivity contribution in [1.29, 1.82) is 0 Å². The van der Waals surface area contributed by atoms with E-state index in [9.17, 15) is 4.79 Å². The van der Waals surface area contributed by atoms with Crippen LogP contribution in [0.4, 0.5) is 0 Å². The number of imidazole rings is 1. The maximum absolute atomic E-state index is 12.1. The summed E-state index contributed by atoms with van der Waals surface area (Å²) in [4.78, 5) is 12.1. The molecule has 2 heterocycles. The van der Waals surface area contributed by atoms with Crippen LogP contribution in [0.25, 0.3) is 16.7 Å². The van der Waals surface area contributed by atoms with E-state index in [1.807, 2.05) is 47.2 Å². The number of carbonyl (C=O) groups excluding carboxylic acids is 1. The van der Waals surface area contributed by atoms with Crippen LogP contribution in [0, 0.1) is 26.2 Å². The predicted octanol–water partition coefficient (Wildman–Crippen LogP) is 1.14. The van der Waals surface area contributed by atoms with Crippen LogP contribution >= 0.6 is 0 Å². The minimum atomic E-state index is -0.112. The molecule has 0 saturated heterocycles. The van der Waals surface area contributed by atoms with E-state index < -0.39 is 0 Å². The molecule has 0 unspecified atom stereocenters. The van der Waals surface area contributed by atoms with Crippen molar-refractivity contribution >= 4 is 22.6 Å². The van der Waals surface area contributed by atoms with Crippen molar-refractivity contribution in [2.75, 3.05) is 6.54 Å². The number of benzene rings is 1. The first-order chi connectivity index (χ1) is 10.6. The number of aromatic nitrogens is 3. The summed E-state index contributed by atoms with van der Waals surface area (Å²) in [6.07, 6.45) is 5.18. The molecule has 5 heteroatoms. The molecule has 0 saturated carbocycles. The predicted molar refractivity (Wildman–Crippen MR) is 84.2 cm³/mol. The number of nitrogens with zero attached hydrogens (tertiary/aromatic N) is 3. The lowest BCUT2D eigenvalue weighted by atomic mass is 10.2. The van der Waals surface area contributed by atoms with Crippen LogP contribution in [-0.4, -0.2) is 22.1 Å². The molecule has 0 atom stereocenters. The Labute approximate surface area is 128 Å². The SMILES string of the molecule is C#CCNC(=O)C[n+]1c2ccccc2n2nc(C)c(C)cc21. The number of nitrogens with one attached hydrogen (secondary N) is 1. The van der Waals surface area contributed by atoms with Gasteiger partial charge in [-0.05, 0) is 31.5 Å². The number of amides is 1. The van der Waals surface area contributed by atoms with Crippen molar-refractivity contribution in [3.05, 3.63) is 41.6 Å². The molecule has 3 rings (SSSR count). The van der Waals surface area contributed by atoms with Gasteiger partial charge in [-0.25, -0.2) is 4.57 Å². The highest BCUT2D eigenvalue weighted by Gasteiger charge is 2.22.